The fourth-order valence-corrected chi connectivity index (χ4v) is 3.65. The lowest BCUT2D eigenvalue weighted by molar-refractivity contribution is 0.207. The largest absolute Gasteiger partial charge is 0.289 e. The normalized spacial score (nSPS) is 12.9. The predicted molar refractivity (Wildman–Crippen MR) is 107 cm³/mol. The lowest BCUT2D eigenvalue weighted by Crippen LogP contribution is -2.28. The Hall–Kier alpha value is -3.06. The number of nitrogens with zero attached hydrogens (tertiary/aromatic N) is 5. The number of hydrogen-bond donors (Lipinski definition) is 0. The summed E-state index contributed by atoms with van der Waals surface area (Å²) >= 11 is 0. The number of para-hydroxylation sites is 1. The van der Waals surface area contributed by atoms with Gasteiger partial charge < -0.3 is 0 Å². The Morgan fingerprint density at radius 3 is 2.54 bits per heavy atom. The van der Waals surface area contributed by atoms with Crippen molar-refractivity contribution >= 4 is 16.7 Å². The summed E-state index contributed by atoms with van der Waals surface area (Å²) in [7, 11) is 1.71. The molecule has 0 amide bonds. The van der Waals surface area contributed by atoms with E-state index in [2.05, 4.69) is 28.9 Å². The van der Waals surface area contributed by atoms with Crippen molar-refractivity contribution in [2.75, 3.05) is 6.54 Å². The quantitative estimate of drug-likeness (QED) is 0.534. The Balaban J connectivity index is 1.78. The van der Waals surface area contributed by atoms with Gasteiger partial charge in [-0.1, -0.05) is 31.2 Å². The third-order valence-corrected chi connectivity index (χ3v) is 5.34. The molecule has 0 N–H and O–H groups in total. The molecule has 4 rings (SSSR count). The first kappa shape index (κ1) is 18.3. The molecule has 6 nitrogen and oxygen atoms in total. The van der Waals surface area contributed by atoms with E-state index in [0.29, 0.717) is 17.7 Å². The zero-order chi connectivity index (χ0) is 19.8. The van der Waals surface area contributed by atoms with Crippen LogP contribution in [-0.4, -0.2) is 30.6 Å². The number of fused-ring (bicyclic) bond motifs is 3. The molecule has 4 aromatic rings. The minimum Gasteiger partial charge on any atom is -0.289 e. The summed E-state index contributed by atoms with van der Waals surface area (Å²) in [5, 5.41) is 9.27. The first-order valence-electron chi connectivity index (χ1n) is 9.32. The molecule has 144 valence electrons. The number of halogens is 1. The van der Waals surface area contributed by atoms with E-state index in [9.17, 15) is 9.18 Å². The summed E-state index contributed by atoms with van der Waals surface area (Å²) in [6, 6.07) is 14.2. The van der Waals surface area contributed by atoms with E-state index in [1.165, 1.54) is 16.7 Å². The minimum atomic E-state index is -0.241. The molecule has 0 aliphatic carbocycles. The highest BCUT2D eigenvalue weighted by molar-refractivity contribution is 5.80. The first-order valence-corrected chi connectivity index (χ1v) is 9.32. The van der Waals surface area contributed by atoms with Crippen molar-refractivity contribution in [2.45, 2.75) is 26.4 Å². The molecule has 0 radical (unpaired) electrons. The van der Waals surface area contributed by atoms with E-state index >= 15 is 0 Å². The van der Waals surface area contributed by atoms with Crippen LogP contribution in [0, 0.1) is 5.82 Å². The Labute approximate surface area is 161 Å². The van der Waals surface area contributed by atoms with Crippen LogP contribution < -0.4 is 5.56 Å². The zero-order valence-electron chi connectivity index (χ0n) is 16.1. The molecule has 7 heteroatoms. The molecule has 0 saturated carbocycles. The van der Waals surface area contributed by atoms with Crippen LogP contribution in [0.3, 0.4) is 0 Å². The molecule has 28 heavy (non-hydrogen) atoms. The van der Waals surface area contributed by atoms with E-state index in [-0.39, 0.29) is 17.4 Å². The first-order chi connectivity index (χ1) is 13.5. The molecule has 0 unspecified atom stereocenters. The molecule has 2 heterocycles. The Bertz CT molecular complexity index is 1200. The average Bonchev–Trinajstić information content (AvgIpc) is 3.14. The molecule has 1 atom stereocenters. The van der Waals surface area contributed by atoms with E-state index in [1.807, 2.05) is 40.8 Å². The summed E-state index contributed by atoms with van der Waals surface area (Å²) in [5.74, 6) is 1.04. The van der Waals surface area contributed by atoms with Crippen molar-refractivity contribution in [3.63, 3.8) is 0 Å². The lowest BCUT2D eigenvalue weighted by atomic mass is 10.1. The number of benzene rings is 2. The number of aryl methyl sites for hydroxylation is 1. The minimum absolute atomic E-state index is 0.0803. The highest BCUT2D eigenvalue weighted by Crippen LogP contribution is 2.23. The Kier molecular flexibility index (Phi) is 4.68. The van der Waals surface area contributed by atoms with Crippen molar-refractivity contribution < 1.29 is 4.39 Å². The SMILES string of the molecule is CCN(Cc1nnc2n(C)c(=O)c3ccccc3n12)[C@@H](C)c1ccc(F)cc1. The van der Waals surface area contributed by atoms with Crippen LogP contribution in [0.1, 0.15) is 31.3 Å². The maximum Gasteiger partial charge on any atom is 0.262 e. The summed E-state index contributed by atoms with van der Waals surface area (Å²) in [6.45, 7) is 5.51. The highest BCUT2D eigenvalue weighted by atomic mass is 19.1. The third-order valence-electron chi connectivity index (χ3n) is 5.34. The molecule has 0 aliphatic heterocycles. The van der Waals surface area contributed by atoms with Gasteiger partial charge in [0.05, 0.1) is 17.4 Å². The van der Waals surface area contributed by atoms with Crippen molar-refractivity contribution in [2.24, 2.45) is 7.05 Å². The molecule has 0 fully saturated rings. The summed E-state index contributed by atoms with van der Waals surface area (Å²) in [5.41, 5.74) is 1.74. The number of aromatic nitrogens is 4. The van der Waals surface area contributed by atoms with Gasteiger partial charge in [0.2, 0.25) is 5.78 Å². The van der Waals surface area contributed by atoms with Crippen molar-refractivity contribution in [3.8, 4) is 0 Å². The third kappa shape index (κ3) is 2.97. The number of hydrogen-bond acceptors (Lipinski definition) is 4. The molecule has 0 saturated heterocycles. The van der Waals surface area contributed by atoms with Crippen molar-refractivity contribution in [3.05, 3.63) is 76.1 Å². The van der Waals surface area contributed by atoms with Crippen LogP contribution in [0.5, 0.6) is 0 Å². The maximum absolute atomic E-state index is 13.3. The van der Waals surface area contributed by atoms with Crippen molar-refractivity contribution in [1.82, 2.24) is 24.1 Å². The van der Waals surface area contributed by atoms with E-state index in [1.54, 1.807) is 7.05 Å². The van der Waals surface area contributed by atoms with Gasteiger partial charge in [-0.3, -0.25) is 18.7 Å². The Morgan fingerprint density at radius 1 is 1.11 bits per heavy atom. The molecular weight excluding hydrogens is 357 g/mol. The van der Waals surface area contributed by atoms with Crippen LogP contribution in [0.15, 0.2) is 53.3 Å². The molecule has 0 spiro atoms. The topological polar surface area (TPSA) is 55.4 Å². The molecule has 2 aromatic heterocycles. The second-order valence-corrected chi connectivity index (χ2v) is 6.92. The fraction of sp³-hybridized carbons (Fsp3) is 0.286. The molecule has 2 aromatic carbocycles. The molecule has 0 aliphatic rings. The number of rotatable bonds is 5. The average molecular weight is 379 g/mol. The zero-order valence-corrected chi connectivity index (χ0v) is 16.1. The van der Waals surface area contributed by atoms with Gasteiger partial charge in [0.1, 0.15) is 5.82 Å². The fourth-order valence-electron chi connectivity index (χ4n) is 3.65. The van der Waals surface area contributed by atoms with Gasteiger partial charge in [0.25, 0.3) is 5.56 Å². The van der Waals surface area contributed by atoms with Crippen LogP contribution in [-0.2, 0) is 13.6 Å². The Morgan fingerprint density at radius 2 is 1.82 bits per heavy atom. The van der Waals surface area contributed by atoms with Gasteiger partial charge in [0.15, 0.2) is 5.82 Å². The standard InChI is InChI=1S/C21H22FN5O/c1-4-26(14(2)15-9-11-16(22)12-10-15)13-19-23-24-21-25(3)20(28)17-7-5-6-8-18(17)27(19)21/h5-12,14H,4,13H2,1-3H3/t14-/m0/s1. The summed E-state index contributed by atoms with van der Waals surface area (Å²) < 4.78 is 16.7. The van der Waals surface area contributed by atoms with Gasteiger partial charge in [-0.05, 0) is 43.3 Å². The van der Waals surface area contributed by atoms with E-state index in [0.717, 1.165) is 23.4 Å². The van der Waals surface area contributed by atoms with Crippen LogP contribution in [0.25, 0.3) is 16.7 Å². The van der Waals surface area contributed by atoms with Crippen LogP contribution in [0.2, 0.25) is 0 Å². The molecule has 0 bridgehead atoms. The second kappa shape index (κ2) is 7.16. The monoisotopic (exact) mass is 379 g/mol. The van der Waals surface area contributed by atoms with Gasteiger partial charge >= 0.3 is 0 Å². The summed E-state index contributed by atoms with van der Waals surface area (Å²) in [4.78, 5) is 14.8. The highest BCUT2D eigenvalue weighted by Gasteiger charge is 2.20. The van der Waals surface area contributed by atoms with Gasteiger partial charge in [-0.2, -0.15) is 0 Å². The summed E-state index contributed by atoms with van der Waals surface area (Å²) in [6.07, 6.45) is 0. The van der Waals surface area contributed by atoms with E-state index in [4.69, 9.17) is 0 Å². The van der Waals surface area contributed by atoms with E-state index < -0.39 is 0 Å². The molecular formula is C21H22FN5O. The predicted octanol–water partition coefficient (Wildman–Crippen LogP) is 3.30. The second-order valence-electron chi connectivity index (χ2n) is 6.92. The van der Waals surface area contributed by atoms with Crippen LogP contribution >= 0.6 is 0 Å². The maximum atomic E-state index is 13.3. The van der Waals surface area contributed by atoms with Gasteiger partial charge in [-0.15, -0.1) is 10.2 Å². The van der Waals surface area contributed by atoms with Gasteiger partial charge in [0, 0.05) is 13.1 Å². The lowest BCUT2D eigenvalue weighted by Gasteiger charge is -2.27. The smallest absolute Gasteiger partial charge is 0.262 e. The van der Waals surface area contributed by atoms with Gasteiger partial charge in [-0.25, -0.2) is 4.39 Å². The van der Waals surface area contributed by atoms with Crippen LogP contribution in [0.4, 0.5) is 4.39 Å². The van der Waals surface area contributed by atoms with Crippen molar-refractivity contribution in [1.29, 1.82) is 0 Å².